The molecule has 0 aromatic carbocycles. The van der Waals surface area contributed by atoms with Gasteiger partial charge in [0.1, 0.15) is 0 Å². The monoisotopic (exact) mass is 249 g/mol. The molecule has 0 aromatic heterocycles. The lowest BCUT2D eigenvalue weighted by atomic mass is 9.97. The second-order valence-electron chi connectivity index (χ2n) is 3.89. The highest BCUT2D eigenvalue weighted by Crippen LogP contribution is 2.09. The third kappa shape index (κ3) is 6.08. The minimum absolute atomic E-state index is 0.116. The van der Waals surface area contributed by atoms with Gasteiger partial charge in [0.25, 0.3) is 0 Å². The van der Waals surface area contributed by atoms with Crippen LogP contribution >= 0.6 is 15.9 Å². The van der Waals surface area contributed by atoms with Crippen LogP contribution < -0.4 is 5.32 Å². The molecule has 3 heteroatoms. The Morgan fingerprint density at radius 1 is 1.31 bits per heavy atom. The summed E-state index contributed by atoms with van der Waals surface area (Å²) in [5.41, 5.74) is 0. The average Bonchev–Trinajstić information content (AvgIpc) is 2.02. The average molecular weight is 250 g/mol. The molecule has 0 heterocycles. The molecule has 0 fully saturated rings. The van der Waals surface area contributed by atoms with Gasteiger partial charge in [0.2, 0.25) is 5.91 Å². The van der Waals surface area contributed by atoms with Gasteiger partial charge < -0.3 is 5.32 Å². The Hall–Kier alpha value is -0.0500. The fourth-order valence-electron chi connectivity index (χ4n) is 0.858. The summed E-state index contributed by atoms with van der Waals surface area (Å²) in [4.78, 5) is 11.9. The molecule has 78 valence electrons. The van der Waals surface area contributed by atoms with E-state index in [0.717, 1.165) is 13.0 Å². The van der Waals surface area contributed by atoms with Crippen LogP contribution in [0.25, 0.3) is 0 Å². The number of hydrogen-bond acceptors (Lipinski definition) is 1. The smallest absolute Gasteiger partial charge is 0.223 e. The third-order valence-electron chi connectivity index (χ3n) is 2.25. The zero-order valence-electron chi connectivity index (χ0n) is 8.93. The normalized spacial score (nSPS) is 15.5. The van der Waals surface area contributed by atoms with E-state index in [9.17, 15) is 4.79 Å². The summed E-state index contributed by atoms with van der Waals surface area (Å²) >= 11 is 3.44. The quantitative estimate of drug-likeness (QED) is 0.746. The van der Waals surface area contributed by atoms with Crippen molar-refractivity contribution < 1.29 is 4.79 Å². The van der Waals surface area contributed by atoms with E-state index in [1.165, 1.54) is 0 Å². The fraction of sp³-hybridized carbons (Fsp3) is 0.900. The zero-order chi connectivity index (χ0) is 10.4. The first-order valence-corrected chi connectivity index (χ1v) is 5.78. The summed E-state index contributed by atoms with van der Waals surface area (Å²) in [6, 6.07) is 0. The summed E-state index contributed by atoms with van der Waals surface area (Å²) in [5.74, 6) is 0.704. The largest absolute Gasteiger partial charge is 0.356 e. The number of nitrogens with one attached hydrogen (secondary N) is 1. The molecular weight excluding hydrogens is 230 g/mol. The van der Waals surface area contributed by atoms with Crippen LogP contribution in [0.1, 0.15) is 34.1 Å². The van der Waals surface area contributed by atoms with Crippen LogP contribution in [0.3, 0.4) is 0 Å². The number of alkyl halides is 1. The number of rotatable bonds is 5. The van der Waals surface area contributed by atoms with Crippen molar-refractivity contribution in [3.8, 4) is 0 Å². The van der Waals surface area contributed by atoms with Crippen LogP contribution in [0.4, 0.5) is 0 Å². The summed E-state index contributed by atoms with van der Waals surface area (Å²) in [7, 11) is 0. The fourth-order valence-corrected chi connectivity index (χ4v) is 1.09. The standard InChI is InChI=1S/C10H20BrNO/c1-7(2)9(4)10(13)12-6-5-8(3)11/h7-9H,5-6H2,1-4H3,(H,12,13). The lowest BCUT2D eigenvalue weighted by Gasteiger charge is -2.15. The maximum atomic E-state index is 11.4. The molecule has 0 aliphatic heterocycles. The maximum Gasteiger partial charge on any atom is 0.223 e. The van der Waals surface area contributed by atoms with Gasteiger partial charge in [-0.05, 0) is 12.3 Å². The van der Waals surface area contributed by atoms with Gasteiger partial charge in [-0.1, -0.05) is 43.6 Å². The Morgan fingerprint density at radius 3 is 2.23 bits per heavy atom. The zero-order valence-corrected chi connectivity index (χ0v) is 10.5. The summed E-state index contributed by atoms with van der Waals surface area (Å²) in [6.07, 6.45) is 0.983. The van der Waals surface area contributed by atoms with Crippen molar-refractivity contribution in [2.75, 3.05) is 6.54 Å². The van der Waals surface area contributed by atoms with Gasteiger partial charge in [-0.25, -0.2) is 0 Å². The lowest BCUT2D eigenvalue weighted by molar-refractivity contribution is -0.125. The Balaban J connectivity index is 3.62. The highest BCUT2D eigenvalue weighted by Gasteiger charge is 2.15. The van der Waals surface area contributed by atoms with Crippen molar-refractivity contribution in [2.24, 2.45) is 11.8 Å². The van der Waals surface area contributed by atoms with Gasteiger partial charge >= 0.3 is 0 Å². The minimum Gasteiger partial charge on any atom is -0.356 e. The molecule has 1 amide bonds. The Bertz CT molecular complexity index is 157. The molecular formula is C10H20BrNO. The molecule has 0 aliphatic rings. The summed E-state index contributed by atoms with van der Waals surface area (Å²) in [6.45, 7) is 8.95. The number of amides is 1. The van der Waals surface area contributed by atoms with Crippen molar-refractivity contribution in [3.05, 3.63) is 0 Å². The molecule has 2 unspecified atom stereocenters. The van der Waals surface area contributed by atoms with Crippen molar-refractivity contribution >= 4 is 21.8 Å². The van der Waals surface area contributed by atoms with E-state index in [1.807, 2.05) is 6.92 Å². The Kier molecular flexibility index (Phi) is 6.39. The van der Waals surface area contributed by atoms with E-state index in [-0.39, 0.29) is 11.8 Å². The molecule has 13 heavy (non-hydrogen) atoms. The molecule has 0 aliphatic carbocycles. The van der Waals surface area contributed by atoms with E-state index in [1.54, 1.807) is 0 Å². The Labute approximate surface area is 89.6 Å². The Morgan fingerprint density at radius 2 is 1.85 bits per heavy atom. The second kappa shape index (κ2) is 6.41. The first kappa shape index (κ1) is 12.9. The number of halogens is 1. The van der Waals surface area contributed by atoms with Crippen molar-refractivity contribution in [3.63, 3.8) is 0 Å². The maximum absolute atomic E-state index is 11.4. The molecule has 0 aromatic rings. The highest BCUT2D eigenvalue weighted by molar-refractivity contribution is 9.09. The van der Waals surface area contributed by atoms with Crippen LogP contribution in [0, 0.1) is 11.8 Å². The van der Waals surface area contributed by atoms with Gasteiger partial charge in [-0.2, -0.15) is 0 Å². The van der Waals surface area contributed by atoms with Gasteiger partial charge in [-0.3, -0.25) is 4.79 Å². The molecule has 0 spiro atoms. The van der Waals surface area contributed by atoms with E-state index < -0.39 is 0 Å². The van der Waals surface area contributed by atoms with E-state index >= 15 is 0 Å². The van der Waals surface area contributed by atoms with Gasteiger partial charge in [-0.15, -0.1) is 0 Å². The molecule has 0 bridgehead atoms. The summed E-state index contributed by atoms with van der Waals surface area (Å²) in [5, 5.41) is 2.93. The first-order chi connectivity index (χ1) is 5.95. The molecule has 2 atom stereocenters. The third-order valence-corrected chi connectivity index (χ3v) is 2.71. The van der Waals surface area contributed by atoms with Crippen LogP contribution in [-0.2, 0) is 4.79 Å². The van der Waals surface area contributed by atoms with Gasteiger partial charge in [0, 0.05) is 17.3 Å². The van der Waals surface area contributed by atoms with E-state index in [0.29, 0.717) is 10.7 Å². The van der Waals surface area contributed by atoms with E-state index in [4.69, 9.17) is 0 Å². The molecule has 0 radical (unpaired) electrons. The molecule has 2 nitrogen and oxygen atoms in total. The van der Waals surface area contributed by atoms with Gasteiger partial charge in [0.15, 0.2) is 0 Å². The number of carbonyl (C=O) groups is 1. The van der Waals surface area contributed by atoms with Crippen molar-refractivity contribution in [1.82, 2.24) is 5.32 Å². The summed E-state index contributed by atoms with van der Waals surface area (Å²) < 4.78 is 0. The lowest BCUT2D eigenvalue weighted by Crippen LogP contribution is -2.33. The van der Waals surface area contributed by atoms with Crippen LogP contribution in [0.2, 0.25) is 0 Å². The highest BCUT2D eigenvalue weighted by atomic mass is 79.9. The second-order valence-corrected chi connectivity index (χ2v) is 5.46. The number of hydrogen-bond donors (Lipinski definition) is 1. The minimum atomic E-state index is 0.116. The number of carbonyl (C=O) groups excluding carboxylic acids is 1. The van der Waals surface area contributed by atoms with E-state index in [2.05, 4.69) is 42.0 Å². The van der Waals surface area contributed by atoms with Crippen LogP contribution in [-0.4, -0.2) is 17.3 Å². The molecule has 0 saturated carbocycles. The molecule has 0 saturated heterocycles. The molecule has 0 rings (SSSR count). The predicted octanol–water partition coefficient (Wildman–Crippen LogP) is 2.57. The first-order valence-electron chi connectivity index (χ1n) is 4.87. The van der Waals surface area contributed by atoms with Crippen LogP contribution in [0.5, 0.6) is 0 Å². The molecule has 1 N–H and O–H groups in total. The predicted molar refractivity (Wildman–Crippen MR) is 60.0 cm³/mol. The van der Waals surface area contributed by atoms with Crippen molar-refractivity contribution in [2.45, 2.75) is 38.9 Å². The van der Waals surface area contributed by atoms with Crippen molar-refractivity contribution in [1.29, 1.82) is 0 Å². The van der Waals surface area contributed by atoms with Gasteiger partial charge in [0.05, 0.1) is 0 Å². The topological polar surface area (TPSA) is 29.1 Å². The van der Waals surface area contributed by atoms with Crippen LogP contribution in [0.15, 0.2) is 0 Å². The SMILES string of the molecule is CC(Br)CCNC(=O)C(C)C(C)C.